The van der Waals surface area contributed by atoms with Crippen LogP contribution in [0.25, 0.3) is 0 Å². The number of nitrogens with zero attached hydrogens (tertiary/aromatic N) is 1. The largest absolute Gasteiger partial charge is 0.412 e. The molecular weight excluding hydrogens is 198 g/mol. The minimum Gasteiger partial charge on any atom is -0.412 e. The van der Waals surface area contributed by atoms with Crippen LogP contribution in [0.4, 0.5) is 0 Å². The first-order chi connectivity index (χ1) is 3.35. The normalized spacial score (nSPS) is 6.00. The molecule has 0 aliphatic carbocycles. The molecule has 12 heavy (non-hydrogen) atoms. The van der Waals surface area contributed by atoms with Crippen LogP contribution >= 0.6 is 0 Å². The van der Waals surface area contributed by atoms with Gasteiger partial charge in [0.1, 0.15) is 0 Å². The Balaban J connectivity index is -0.0000000180. The molecule has 0 saturated carbocycles. The van der Waals surface area contributed by atoms with Crippen molar-refractivity contribution in [2.24, 2.45) is 0 Å². The Hall–Kier alpha value is 0.514. The Labute approximate surface area is 89.3 Å². The van der Waals surface area contributed by atoms with E-state index in [0.717, 1.165) is 0 Å². The molecule has 8 N–H and O–H groups in total. The van der Waals surface area contributed by atoms with Gasteiger partial charge in [0.25, 0.3) is 0 Å². The van der Waals surface area contributed by atoms with E-state index in [1.54, 1.807) is 0 Å². The molecule has 0 saturated heterocycles. The molecule has 0 bridgehead atoms. The van der Waals surface area contributed by atoms with E-state index in [1.165, 1.54) is 19.6 Å². The summed E-state index contributed by atoms with van der Waals surface area (Å²) in [5.74, 6) is 0. The molecule has 80 valence electrons. The molecule has 0 atom stereocenters. The molecule has 6 heteroatoms. The number of rotatable bonds is 3. The topological polar surface area (TPSA) is 129 Å². The number of hydrogen-bond donors (Lipinski definition) is 0. The Morgan fingerprint density at radius 1 is 0.667 bits per heavy atom. The summed E-state index contributed by atoms with van der Waals surface area (Å²) in [4.78, 5) is 2.38. The van der Waals surface area contributed by atoms with Crippen LogP contribution in [0.15, 0.2) is 0 Å². The Bertz CT molecular complexity index is 41.0. The third-order valence-corrected chi connectivity index (χ3v) is 1.34. The molecule has 0 radical (unpaired) electrons. The summed E-state index contributed by atoms with van der Waals surface area (Å²) in [6.45, 7) is 10.1. The van der Waals surface area contributed by atoms with Crippen molar-refractivity contribution in [1.82, 2.24) is 4.90 Å². The van der Waals surface area contributed by atoms with E-state index in [2.05, 4.69) is 25.7 Å². The third kappa shape index (κ3) is 22.4. The second-order valence-corrected chi connectivity index (χ2v) is 1.62. The SMILES string of the molecule is CCN(CC)CC.O.O.O.O.[Ti]. The van der Waals surface area contributed by atoms with Gasteiger partial charge in [0, 0.05) is 21.7 Å². The summed E-state index contributed by atoms with van der Waals surface area (Å²) in [7, 11) is 0. The first kappa shape index (κ1) is 39.1. The fraction of sp³-hybridized carbons (Fsp3) is 1.00. The first-order valence-electron chi connectivity index (χ1n) is 3.07. The maximum Gasteiger partial charge on any atom is 0 e. The summed E-state index contributed by atoms with van der Waals surface area (Å²) in [6, 6.07) is 0. The van der Waals surface area contributed by atoms with Crippen LogP contribution in [0, 0.1) is 0 Å². The van der Waals surface area contributed by atoms with Crippen molar-refractivity contribution in [2.75, 3.05) is 19.6 Å². The summed E-state index contributed by atoms with van der Waals surface area (Å²) in [5.41, 5.74) is 0. The van der Waals surface area contributed by atoms with Crippen LogP contribution in [-0.4, -0.2) is 46.4 Å². The van der Waals surface area contributed by atoms with Crippen molar-refractivity contribution in [3.8, 4) is 0 Å². The van der Waals surface area contributed by atoms with E-state index in [0.29, 0.717) is 0 Å². The molecule has 0 aromatic heterocycles. The standard InChI is InChI=1S/C6H15N.4H2O.Ti/c1-4-7(5-2)6-3;;;;;/h4-6H2,1-3H3;4*1H2;. The van der Waals surface area contributed by atoms with E-state index >= 15 is 0 Å². The Morgan fingerprint density at radius 3 is 0.833 bits per heavy atom. The van der Waals surface area contributed by atoms with Crippen LogP contribution in [0.1, 0.15) is 20.8 Å². The van der Waals surface area contributed by atoms with Gasteiger partial charge in [-0.15, -0.1) is 0 Å². The summed E-state index contributed by atoms with van der Waals surface area (Å²) in [5, 5.41) is 0. The van der Waals surface area contributed by atoms with Crippen molar-refractivity contribution < 1.29 is 43.6 Å². The molecule has 0 unspecified atom stereocenters. The van der Waals surface area contributed by atoms with Crippen molar-refractivity contribution >= 4 is 0 Å². The molecular formula is C6H23NO4Ti. The Kier molecular flexibility index (Phi) is 97.7. The van der Waals surface area contributed by atoms with Crippen LogP contribution < -0.4 is 0 Å². The summed E-state index contributed by atoms with van der Waals surface area (Å²) >= 11 is 0. The van der Waals surface area contributed by atoms with Gasteiger partial charge >= 0.3 is 0 Å². The predicted octanol–water partition coefficient (Wildman–Crippen LogP) is -1.95. The van der Waals surface area contributed by atoms with Gasteiger partial charge in [-0.25, -0.2) is 0 Å². The zero-order valence-corrected chi connectivity index (χ0v) is 9.63. The van der Waals surface area contributed by atoms with Gasteiger partial charge in [-0.3, -0.25) is 0 Å². The van der Waals surface area contributed by atoms with Gasteiger partial charge in [-0.05, 0) is 19.6 Å². The van der Waals surface area contributed by atoms with Crippen LogP contribution in [0.5, 0.6) is 0 Å². The van der Waals surface area contributed by atoms with Crippen molar-refractivity contribution in [3.05, 3.63) is 0 Å². The molecule has 0 aromatic carbocycles. The van der Waals surface area contributed by atoms with Crippen LogP contribution in [0.3, 0.4) is 0 Å². The maximum atomic E-state index is 2.38. The van der Waals surface area contributed by atoms with Crippen molar-refractivity contribution in [1.29, 1.82) is 0 Å². The zero-order valence-electron chi connectivity index (χ0n) is 8.07. The third-order valence-electron chi connectivity index (χ3n) is 1.34. The second kappa shape index (κ2) is 30.0. The molecule has 0 spiro atoms. The van der Waals surface area contributed by atoms with Gasteiger partial charge in [0.15, 0.2) is 0 Å². The van der Waals surface area contributed by atoms with Gasteiger partial charge < -0.3 is 26.8 Å². The molecule has 0 aromatic rings. The maximum absolute atomic E-state index is 2.38. The fourth-order valence-corrected chi connectivity index (χ4v) is 0.671. The van der Waals surface area contributed by atoms with Gasteiger partial charge in [0.2, 0.25) is 0 Å². The molecule has 0 heterocycles. The molecule has 0 amide bonds. The average molecular weight is 221 g/mol. The average Bonchev–Trinajstić information content (AvgIpc) is 1.72. The fourth-order valence-electron chi connectivity index (χ4n) is 0.671. The molecule has 0 aliphatic heterocycles. The monoisotopic (exact) mass is 221 g/mol. The van der Waals surface area contributed by atoms with Crippen LogP contribution in [-0.2, 0) is 21.7 Å². The van der Waals surface area contributed by atoms with Gasteiger partial charge in [0.05, 0.1) is 0 Å². The molecule has 0 aliphatic rings. The minimum absolute atomic E-state index is 0. The summed E-state index contributed by atoms with van der Waals surface area (Å²) < 4.78 is 0. The molecule has 0 rings (SSSR count). The summed E-state index contributed by atoms with van der Waals surface area (Å²) in [6.07, 6.45) is 0. The second-order valence-electron chi connectivity index (χ2n) is 1.62. The van der Waals surface area contributed by atoms with Crippen molar-refractivity contribution in [2.45, 2.75) is 20.8 Å². The molecule has 0 fully saturated rings. The van der Waals surface area contributed by atoms with Gasteiger partial charge in [-0.1, -0.05) is 20.8 Å². The first-order valence-corrected chi connectivity index (χ1v) is 3.07. The van der Waals surface area contributed by atoms with E-state index in [9.17, 15) is 0 Å². The molecule has 5 nitrogen and oxygen atoms in total. The van der Waals surface area contributed by atoms with E-state index in [4.69, 9.17) is 0 Å². The smallest absolute Gasteiger partial charge is 0 e. The van der Waals surface area contributed by atoms with E-state index < -0.39 is 0 Å². The number of hydrogen-bond acceptors (Lipinski definition) is 1. The quantitative estimate of drug-likeness (QED) is 0.503. The van der Waals surface area contributed by atoms with Crippen LogP contribution in [0.2, 0.25) is 0 Å². The minimum atomic E-state index is 0. The van der Waals surface area contributed by atoms with E-state index in [1.807, 2.05) is 0 Å². The van der Waals surface area contributed by atoms with E-state index in [-0.39, 0.29) is 43.6 Å². The zero-order chi connectivity index (χ0) is 5.70. The predicted molar refractivity (Wildman–Crippen MR) is 47.9 cm³/mol. The van der Waals surface area contributed by atoms with Gasteiger partial charge in [-0.2, -0.15) is 0 Å². The van der Waals surface area contributed by atoms with Crippen molar-refractivity contribution in [3.63, 3.8) is 0 Å². The Morgan fingerprint density at radius 2 is 0.833 bits per heavy atom.